The molecule has 1 radical (unpaired) electrons. The van der Waals surface area contributed by atoms with Gasteiger partial charge in [0.1, 0.15) is 15.7 Å². The quantitative estimate of drug-likeness (QED) is 0.272. The number of hydrogen-bond donors (Lipinski definition) is 0. The molecule has 0 spiro atoms. The first-order valence-corrected chi connectivity index (χ1v) is 12.0. The summed E-state index contributed by atoms with van der Waals surface area (Å²) in [5.74, 6) is 0.448. The molecule has 2 aromatic carbocycles. The summed E-state index contributed by atoms with van der Waals surface area (Å²) in [6.45, 7) is 1.82. The van der Waals surface area contributed by atoms with Crippen LogP contribution < -0.4 is 4.48 Å². The third-order valence-electron chi connectivity index (χ3n) is 5.33. The Morgan fingerprint density at radius 2 is 1.50 bits per heavy atom. The molecule has 0 aliphatic carbocycles. The van der Waals surface area contributed by atoms with E-state index in [0.717, 1.165) is 31.6 Å². The molecule has 1 aliphatic heterocycles. The maximum absolute atomic E-state index is 12.7. The van der Waals surface area contributed by atoms with Crippen LogP contribution in [0, 0.1) is 0 Å². The van der Waals surface area contributed by atoms with Crippen LogP contribution in [0.15, 0.2) is 53.4 Å². The number of sulfonamides is 1. The number of benzene rings is 2. The van der Waals surface area contributed by atoms with E-state index in [9.17, 15) is 8.42 Å². The van der Waals surface area contributed by atoms with E-state index in [1.807, 2.05) is 45.4 Å². The van der Waals surface area contributed by atoms with Gasteiger partial charge in [0.2, 0.25) is 0 Å². The minimum absolute atomic E-state index is 0. The second-order valence-corrected chi connectivity index (χ2v) is 11.1. The molecule has 0 aromatic heterocycles. The second-order valence-electron chi connectivity index (χ2n) is 8.28. The standard InChI is InChI=1S/C21H29N3O2S3.Au/c1-24(2,3)19-8-10-20(11-9-19)29(25,26)22-18-6-4-16(5-7-18)17-12-14-23(15-13-17)21(27)28;/h4-11,17,21,27-28H,12-15H2,1-3H3;/p-2. The Kier molecular flexibility index (Phi) is 8.98. The fourth-order valence-corrected chi connectivity index (χ4v) is 4.91. The molecule has 5 nitrogen and oxygen atoms in total. The molecule has 0 atom stereocenters. The van der Waals surface area contributed by atoms with Gasteiger partial charge < -0.3 is 34.9 Å². The number of piperidine rings is 1. The normalized spacial score (nSPS) is 16.3. The second kappa shape index (κ2) is 10.4. The monoisotopic (exact) mass is 646 g/mol. The van der Waals surface area contributed by atoms with Crippen molar-refractivity contribution in [3.63, 3.8) is 0 Å². The van der Waals surface area contributed by atoms with Crippen LogP contribution in [0.25, 0.3) is 4.72 Å². The molecule has 1 saturated heterocycles. The van der Waals surface area contributed by atoms with Crippen LogP contribution in [-0.4, -0.2) is 52.3 Å². The average molecular weight is 647 g/mol. The maximum atomic E-state index is 12.7. The molecule has 0 N–H and O–H groups in total. The van der Waals surface area contributed by atoms with Gasteiger partial charge in [-0.05, 0) is 49.5 Å². The van der Waals surface area contributed by atoms with Gasteiger partial charge in [-0.25, -0.2) is 13.1 Å². The van der Waals surface area contributed by atoms with Crippen LogP contribution >= 0.6 is 0 Å². The van der Waals surface area contributed by atoms with Gasteiger partial charge in [-0.15, -0.1) is 5.69 Å². The fourth-order valence-electron chi connectivity index (χ4n) is 3.51. The van der Waals surface area contributed by atoms with Gasteiger partial charge >= 0.3 is 0 Å². The number of quaternary nitrogens is 1. The summed E-state index contributed by atoms with van der Waals surface area (Å²) in [4.78, 5) is 2.34. The predicted molar refractivity (Wildman–Crippen MR) is 125 cm³/mol. The van der Waals surface area contributed by atoms with Gasteiger partial charge in [-0.1, -0.05) is 24.3 Å². The first-order chi connectivity index (χ1) is 13.6. The third kappa shape index (κ3) is 6.53. The van der Waals surface area contributed by atoms with Gasteiger partial charge in [0.15, 0.2) is 0 Å². The van der Waals surface area contributed by atoms with Crippen molar-refractivity contribution in [2.75, 3.05) is 34.2 Å². The van der Waals surface area contributed by atoms with Gasteiger partial charge in [0, 0.05) is 34.5 Å². The van der Waals surface area contributed by atoms with Gasteiger partial charge in [-0.2, -0.15) is 0 Å². The maximum Gasteiger partial charge on any atom is 0.132 e. The van der Waals surface area contributed by atoms with Crippen LogP contribution in [0.2, 0.25) is 0 Å². The van der Waals surface area contributed by atoms with Crippen molar-refractivity contribution < 1.29 is 30.8 Å². The molecule has 0 amide bonds. The van der Waals surface area contributed by atoms with Crippen molar-refractivity contribution in [3.05, 3.63) is 58.8 Å². The Hall–Kier alpha value is -0.450. The summed E-state index contributed by atoms with van der Waals surface area (Å²) in [5, 5.41) is 0. The molecular weight excluding hydrogens is 619 g/mol. The molecule has 1 heterocycles. The SMILES string of the molecule is C[N+](C)(C)c1ccc(S(=O)(=O)[N-]c2ccc(C3CCN(C([S-])[S-])CC3)cc2)cc1.[Au]. The summed E-state index contributed by atoms with van der Waals surface area (Å²) < 4.78 is 29.7. The summed E-state index contributed by atoms with van der Waals surface area (Å²) in [5.41, 5.74) is 2.68. The molecule has 1 aliphatic rings. The van der Waals surface area contributed by atoms with Crippen molar-refractivity contribution in [2.45, 2.75) is 28.4 Å². The first-order valence-electron chi connectivity index (χ1n) is 9.62. The van der Waals surface area contributed by atoms with Crippen LogP contribution in [0.5, 0.6) is 0 Å². The largest absolute Gasteiger partial charge is 0.800 e. The molecule has 2 aromatic rings. The van der Waals surface area contributed by atoms with E-state index in [1.165, 1.54) is 5.56 Å². The minimum atomic E-state index is -3.74. The Balaban J connectivity index is 0.00000320. The van der Waals surface area contributed by atoms with Crippen LogP contribution in [0.3, 0.4) is 0 Å². The van der Waals surface area contributed by atoms with Gasteiger partial charge in [0.25, 0.3) is 0 Å². The molecule has 3 rings (SSSR count). The number of likely N-dealkylation sites (tertiary alicyclic amines) is 1. The Labute approximate surface area is 207 Å². The molecule has 0 unspecified atom stereocenters. The molecular formula is C21H27AuN3O2S3-2. The van der Waals surface area contributed by atoms with Gasteiger partial charge in [0.05, 0.1) is 26.0 Å². The van der Waals surface area contributed by atoms with Crippen LogP contribution in [0.4, 0.5) is 11.4 Å². The van der Waals surface area contributed by atoms with Crippen LogP contribution in [0.1, 0.15) is 24.3 Å². The minimum Gasteiger partial charge on any atom is -0.800 e. The zero-order chi connectivity index (χ0) is 21.2. The first kappa shape index (κ1) is 25.8. The smallest absolute Gasteiger partial charge is 0.132 e. The molecule has 1 fully saturated rings. The zero-order valence-corrected chi connectivity index (χ0v) is 21.9. The number of hydrogen-bond acceptors (Lipinski definition) is 5. The van der Waals surface area contributed by atoms with Crippen molar-refractivity contribution in [1.29, 1.82) is 0 Å². The molecule has 9 heteroatoms. The Morgan fingerprint density at radius 3 is 1.97 bits per heavy atom. The molecule has 30 heavy (non-hydrogen) atoms. The van der Waals surface area contributed by atoms with Crippen molar-refractivity contribution in [2.24, 2.45) is 0 Å². The third-order valence-corrected chi connectivity index (χ3v) is 7.24. The number of rotatable bonds is 6. The van der Waals surface area contributed by atoms with E-state index in [0.29, 0.717) is 16.1 Å². The Bertz CT molecular complexity index is 919. The zero-order valence-electron chi connectivity index (χ0n) is 17.3. The van der Waals surface area contributed by atoms with Crippen molar-refractivity contribution in [3.8, 4) is 0 Å². The van der Waals surface area contributed by atoms with E-state index in [1.54, 1.807) is 24.3 Å². The van der Waals surface area contributed by atoms with Crippen molar-refractivity contribution >= 4 is 46.7 Å². The summed E-state index contributed by atoms with van der Waals surface area (Å²) in [6.07, 6.45) is 2.02. The van der Waals surface area contributed by atoms with Crippen LogP contribution in [-0.2, 0) is 57.7 Å². The van der Waals surface area contributed by atoms with Gasteiger partial charge in [-0.3, -0.25) is 4.48 Å². The topological polar surface area (TPSA) is 51.5 Å². The fraction of sp³-hybridized carbons (Fsp3) is 0.429. The summed E-state index contributed by atoms with van der Waals surface area (Å²) in [6, 6.07) is 14.4. The summed E-state index contributed by atoms with van der Waals surface area (Å²) >= 11 is 10.3. The van der Waals surface area contributed by atoms with Crippen molar-refractivity contribution in [1.82, 2.24) is 9.38 Å². The van der Waals surface area contributed by atoms with E-state index in [4.69, 9.17) is 25.3 Å². The van der Waals surface area contributed by atoms with E-state index < -0.39 is 10.0 Å². The molecule has 169 valence electrons. The van der Waals surface area contributed by atoms with E-state index in [-0.39, 0.29) is 32.0 Å². The molecule has 0 saturated carbocycles. The van der Waals surface area contributed by atoms with E-state index in [2.05, 4.69) is 9.62 Å². The predicted octanol–water partition coefficient (Wildman–Crippen LogP) is 3.83. The molecule has 0 bridgehead atoms. The summed E-state index contributed by atoms with van der Waals surface area (Å²) in [7, 11) is 2.36. The average Bonchev–Trinajstić information content (AvgIpc) is 2.68. The Morgan fingerprint density at radius 1 is 0.967 bits per heavy atom. The number of nitrogens with zero attached hydrogens (tertiary/aromatic N) is 3. The van der Waals surface area contributed by atoms with E-state index >= 15 is 0 Å².